The number of benzene rings is 1. The number of amides is 1. The zero-order chi connectivity index (χ0) is 25.9. The van der Waals surface area contributed by atoms with Gasteiger partial charge in [-0.05, 0) is 47.6 Å². The third kappa shape index (κ3) is 6.81. The van der Waals surface area contributed by atoms with Crippen molar-refractivity contribution in [3.63, 3.8) is 0 Å². The van der Waals surface area contributed by atoms with Gasteiger partial charge in [-0.1, -0.05) is 32.9 Å². The quantitative estimate of drug-likeness (QED) is 0.515. The van der Waals surface area contributed by atoms with Crippen LogP contribution in [-0.2, 0) is 22.4 Å². The van der Waals surface area contributed by atoms with Gasteiger partial charge in [0.1, 0.15) is 11.4 Å². The molecule has 3 N–H and O–H groups in total. The topological polar surface area (TPSA) is 92.7 Å². The van der Waals surface area contributed by atoms with Crippen LogP contribution in [0.25, 0.3) is 0 Å². The van der Waals surface area contributed by atoms with Crippen molar-refractivity contribution in [3.05, 3.63) is 59.0 Å². The minimum atomic E-state index is -0.884. The zero-order valence-corrected chi connectivity index (χ0v) is 21.6. The van der Waals surface area contributed by atoms with Crippen LogP contribution in [0.15, 0.2) is 36.5 Å². The Balaban J connectivity index is 1.52. The van der Waals surface area contributed by atoms with Crippen LogP contribution in [0.5, 0.6) is 5.88 Å². The molecule has 3 heterocycles. The van der Waals surface area contributed by atoms with Crippen molar-refractivity contribution in [2.75, 3.05) is 19.8 Å². The van der Waals surface area contributed by atoms with Gasteiger partial charge in [0.05, 0.1) is 25.4 Å². The lowest BCUT2D eigenvalue weighted by Crippen LogP contribution is -2.50. The van der Waals surface area contributed by atoms with Crippen LogP contribution in [0.2, 0.25) is 0 Å². The lowest BCUT2D eigenvalue weighted by molar-refractivity contribution is -0.120. The van der Waals surface area contributed by atoms with Crippen molar-refractivity contribution >= 4 is 5.91 Å². The monoisotopic (exact) mass is 499 g/mol. The maximum Gasteiger partial charge on any atom is 0.218 e. The van der Waals surface area contributed by atoms with E-state index in [1.54, 1.807) is 12.1 Å². The number of aliphatic hydroxyl groups excluding tert-OH is 1. The van der Waals surface area contributed by atoms with Gasteiger partial charge >= 0.3 is 0 Å². The summed E-state index contributed by atoms with van der Waals surface area (Å²) in [5.74, 6) is 0.0164. The van der Waals surface area contributed by atoms with E-state index in [0.29, 0.717) is 37.5 Å². The first-order valence-corrected chi connectivity index (χ1v) is 12.7. The Kier molecular flexibility index (Phi) is 7.97. The van der Waals surface area contributed by atoms with Crippen LogP contribution in [0.3, 0.4) is 0 Å². The minimum Gasteiger partial charge on any atom is -0.468 e. The molecule has 0 radical (unpaired) electrons. The number of rotatable bonds is 8. The Morgan fingerprint density at radius 2 is 2.11 bits per heavy atom. The van der Waals surface area contributed by atoms with Gasteiger partial charge in [0, 0.05) is 44.1 Å². The summed E-state index contributed by atoms with van der Waals surface area (Å²) in [6.45, 7) is 9.39. The Bertz CT molecular complexity index is 1070. The summed E-state index contributed by atoms with van der Waals surface area (Å²) in [6.07, 6.45) is 3.69. The minimum absolute atomic E-state index is 0.0929. The molecule has 0 bridgehead atoms. The average molecular weight is 500 g/mol. The van der Waals surface area contributed by atoms with Gasteiger partial charge in [-0.3, -0.25) is 4.79 Å². The average Bonchev–Trinajstić information content (AvgIpc) is 3.23. The Morgan fingerprint density at radius 3 is 2.78 bits per heavy atom. The van der Waals surface area contributed by atoms with Crippen LogP contribution in [0.1, 0.15) is 63.3 Å². The molecule has 7 nitrogen and oxygen atoms in total. The largest absolute Gasteiger partial charge is 0.468 e. The van der Waals surface area contributed by atoms with E-state index in [1.165, 1.54) is 19.1 Å². The number of fused-ring (bicyclic) bond motifs is 1. The predicted molar refractivity (Wildman–Crippen MR) is 135 cm³/mol. The molecule has 4 atom stereocenters. The standard InChI is InChI=1S/C28H38FN3O4/c1-18(33)32-23(12-19-6-5-7-21(29)10-19)25(34)16-30-24-14-28(8-9-35-17-28)36-26-22(24)11-20(15-31-26)13-27(2,3)4/h5-7,10-11,15,23-25,30,34H,8-9,12-14,16-17H2,1-4H3,(H,32,33)/t23-,24-,25+,28-/m0/s1. The summed E-state index contributed by atoms with van der Waals surface area (Å²) >= 11 is 0. The lowest BCUT2D eigenvalue weighted by Gasteiger charge is -2.39. The summed E-state index contributed by atoms with van der Waals surface area (Å²) < 4.78 is 25.7. The molecule has 1 aromatic carbocycles. The second-order valence-electron chi connectivity index (χ2n) is 11.4. The number of aliphatic hydroxyl groups is 1. The fourth-order valence-electron chi connectivity index (χ4n) is 5.17. The van der Waals surface area contributed by atoms with Gasteiger partial charge in [0.2, 0.25) is 11.8 Å². The molecule has 1 spiro atoms. The fraction of sp³-hybridized carbons (Fsp3) is 0.571. The second-order valence-corrected chi connectivity index (χ2v) is 11.4. The maximum atomic E-state index is 13.7. The van der Waals surface area contributed by atoms with Gasteiger partial charge in [-0.15, -0.1) is 0 Å². The molecule has 8 heteroatoms. The molecule has 1 amide bonds. The van der Waals surface area contributed by atoms with Gasteiger partial charge < -0.3 is 25.2 Å². The highest BCUT2D eigenvalue weighted by molar-refractivity contribution is 5.73. The van der Waals surface area contributed by atoms with Crippen molar-refractivity contribution in [3.8, 4) is 5.88 Å². The summed E-state index contributed by atoms with van der Waals surface area (Å²) in [7, 11) is 0. The molecule has 0 unspecified atom stereocenters. The zero-order valence-electron chi connectivity index (χ0n) is 21.6. The third-order valence-electron chi connectivity index (χ3n) is 6.77. The third-order valence-corrected chi connectivity index (χ3v) is 6.77. The molecule has 1 aromatic heterocycles. The van der Waals surface area contributed by atoms with Crippen LogP contribution in [-0.4, -0.2) is 53.5 Å². The molecule has 2 aliphatic rings. The number of hydrogen-bond acceptors (Lipinski definition) is 6. The number of nitrogens with zero attached hydrogens (tertiary/aromatic N) is 1. The molecule has 36 heavy (non-hydrogen) atoms. The van der Waals surface area contributed by atoms with Crippen LogP contribution in [0, 0.1) is 11.2 Å². The van der Waals surface area contributed by atoms with Crippen LogP contribution >= 0.6 is 0 Å². The Morgan fingerprint density at radius 1 is 1.31 bits per heavy atom. The van der Waals surface area contributed by atoms with Crippen molar-refractivity contribution in [2.45, 2.75) is 77.2 Å². The summed E-state index contributed by atoms with van der Waals surface area (Å²) in [5.41, 5.74) is 2.50. The van der Waals surface area contributed by atoms with Gasteiger partial charge in [-0.2, -0.15) is 0 Å². The second kappa shape index (κ2) is 10.8. The number of aromatic nitrogens is 1. The molecule has 2 aliphatic heterocycles. The molecular formula is C28H38FN3O4. The van der Waals surface area contributed by atoms with E-state index in [0.717, 1.165) is 24.0 Å². The number of hydrogen-bond donors (Lipinski definition) is 3. The number of halogens is 1. The molecule has 1 saturated heterocycles. The van der Waals surface area contributed by atoms with E-state index in [2.05, 4.69) is 42.5 Å². The summed E-state index contributed by atoms with van der Waals surface area (Å²) in [4.78, 5) is 16.5. The molecule has 1 fully saturated rings. The Labute approximate surface area is 212 Å². The molecule has 196 valence electrons. The smallest absolute Gasteiger partial charge is 0.218 e. The number of pyridine rings is 1. The SMILES string of the molecule is CC(=O)N[C@@H](Cc1cccc(F)c1)[C@H](O)CN[C@H]1C[C@]2(CCOC2)Oc2ncc(CC(C)(C)C)cc21. The van der Waals surface area contributed by atoms with E-state index in [-0.39, 0.29) is 29.7 Å². The molecule has 0 saturated carbocycles. The molecular weight excluding hydrogens is 461 g/mol. The van der Waals surface area contributed by atoms with Gasteiger partial charge in [0.25, 0.3) is 0 Å². The van der Waals surface area contributed by atoms with Crippen molar-refractivity contribution in [1.82, 2.24) is 15.6 Å². The predicted octanol–water partition coefficient (Wildman–Crippen LogP) is 3.49. The normalized spacial score (nSPS) is 23.1. The van der Waals surface area contributed by atoms with Crippen LogP contribution < -0.4 is 15.4 Å². The van der Waals surface area contributed by atoms with E-state index in [4.69, 9.17) is 9.47 Å². The first-order chi connectivity index (χ1) is 17.0. The summed E-state index contributed by atoms with van der Waals surface area (Å²) in [5, 5.41) is 17.4. The number of carbonyl (C=O) groups is 1. The van der Waals surface area contributed by atoms with E-state index in [1.807, 2.05) is 6.20 Å². The van der Waals surface area contributed by atoms with E-state index in [9.17, 15) is 14.3 Å². The van der Waals surface area contributed by atoms with E-state index >= 15 is 0 Å². The van der Waals surface area contributed by atoms with Gasteiger partial charge in [-0.25, -0.2) is 9.37 Å². The van der Waals surface area contributed by atoms with Crippen molar-refractivity contribution < 1.29 is 23.8 Å². The molecule has 2 aromatic rings. The maximum absolute atomic E-state index is 13.7. The highest BCUT2D eigenvalue weighted by Gasteiger charge is 2.45. The highest BCUT2D eigenvalue weighted by atomic mass is 19.1. The first-order valence-electron chi connectivity index (χ1n) is 12.7. The molecule has 0 aliphatic carbocycles. The van der Waals surface area contributed by atoms with Crippen LogP contribution in [0.4, 0.5) is 4.39 Å². The first kappa shape index (κ1) is 26.5. The number of ether oxygens (including phenoxy) is 2. The van der Waals surface area contributed by atoms with Crippen molar-refractivity contribution in [2.24, 2.45) is 5.41 Å². The lowest BCUT2D eigenvalue weighted by atomic mass is 9.85. The van der Waals surface area contributed by atoms with Crippen molar-refractivity contribution in [1.29, 1.82) is 0 Å². The number of nitrogens with one attached hydrogen (secondary N) is 2. The molecule has 4 rings (SSSR count). The summed E-state index contributed by atoms with van der Waals surface area (Å²) in [6, 6.07) is 7.72. The number of carbonyl (C=O) groups excluding carboxylic acids is 1. The van der Waals surface area contributed by atoms with Gasteiger partial charge in [0.15, 0.2) is 0 Å². The fourth-order valence-corrected chi connectivity index (χ4v) is 5.17. The highest BCUT2D eigenvalue weighted by Crippen LogP contribution is 2.42. The Hall–Kier alpha value is -2.55. The van der Waals surface area contributed by atoms with E-state index < -0.39 is 17.7 Å².